The average molecular weight is 321 g/mol. The van der Waals surface area contributed by atoms with Crippen LogP contribution in [0.1, 0.15) is 31.6 Å². The third kappa shape index (κ3) is 3.92. The average Bonchev–Trinajstić information content (AvgIpc) is 3.02. The fraction of sp³-hybridized carbons (Fsp3) is 0.533. The van der Waals surface area contributed by atoms with Crippen molar-refractivity contribution in [3.8, 4) is 11.4 Å². The third-order valence-electron chi connectivity index (χ3n) is 3.79. The second kappa shape index (κ2) is 7.02. The van der Waals surface area contributed by atoms with Gasteiger partial charge in [-0.1, -0.05) is 5.16 Å². The highest BCUT2D eigenvalue weighted by molar-refractivity contribution is 7.08. The van der Waals surface area contributed by atoms with Crippen molar-refractivity contribution < 1.29 is 14.4 Å². The zero-order valence-electron chi connectivity index (χ0n) is 12.2. The second-order valence-electron chi connectivity index (χ2n) is 5.55. The summed E-state index contributed by atoms with van der Waals surface area (Å²) < 4.78 is 5.17. The van der Waals surface area contributed by atoms with Crippen LogP contribution >= 0.6 is 11.3 Å². The summed E-state index contributed by atoms with van der Waals surface area (Å²) in [6, 6.07) is 2.03. The first-order valence-corrected chi connectivity index (χ1v) is 8.46. The van der Waals surface area contributed by atoms with Crippen LogP contribution in [0.15, 0.2) is 21.3 Å². The van der Waals surface area contributed by atoms with Crippen LogP contribution in [0.2, 0.25) is 0 Å². The molecule has 1 atom stereocenters. The van der Waals surface area contributed by atoms with Gasteiger partial charge in [0.15, 0.2) is 0 Å². The minimum absolute atomic E-state index is 0.0272. The summed E-state index contributed by atoms with van der Waals surface area (Å²) >= 11 is 1.58. The molecule has 2 aromatic rings. The molecule has 1 aliphatic carbocycles. The van der Waals surface area contributed by atoms with E-state index in [0.717, 1.165) is 18.4 Å². The Labute approximate surface area is 132 Å². The molecule has 118 valence electrons. The molecule has 1 unspecified atom stereocenters. The minimum atomic E-state index is -0.0272. The van der Waals surface area contributed by atoms with Gasteiger partial charge in [-0.15, -0.1) is 0 Å². The van der Waals surface area contributed by atoms with E-state index in [9.17, 15) is 4.79 Å². The molecule has 2 heterocycles. The topological polar surface area (TPSA) is 88.2 Å². The zero-order chi connectivity index (χ0) is 15.4. The van der Waals surface area contributed by atoms with Crippen LogP contribution in [0.5, 0.6) is 0 Å². The van der Waals surface area contributed by atoms with Gasteiger partial charge in [0.1, 0.15) is 0 Å². The summed E-state index contributed by atoms with van der Waals surface area (Å²) in [5.41, 5.74) is 0.932. The first kappa shape index (κ1) is 15.2. The number of aliphatic hydroxyl groups is 1. The van der Waals surface area contributed by atoms with E-state index in [-0.39, 0.29) is 18.6 Å². The van der Waals surface area contributed by atoms with Gasteiger partial charge in [-0.05, 0) is 36.6 Å². The molecule has 6 nitrogen and oxygen atoms in total. The number of hydrogen-bond donors (Lipinski definition) is 2. The number of carbonyl (C=O) groups is 1. The van der Waals surface area contributed by atoms with E-state index >= 15 is 0 Å². The summed E-state index contributed by atoms with van der Waals surface area (Å²) in [6.07, 6.45) is 3.65. The Morgan fingerprint density at radius 1 is 1.55 bits per heavy atom. The molecule has 3 rings (SSSR count). The monoisotopic (exact) mass is 321 g/mol. The fourth-order valence-electron chi connectivity index (χ4n) is 2.43. The molecule has 0 spiro atoms. The normalized spacial score (nSPS) is 15.7. The van der Waals surface area contributed by atoms with Gasteiger partial charge in [-0.3, -0.25) is 4.79 Å². The van der Waals surface area contributed by atoms with E-state index in [4.69, 9.17) is 9.63 Å². The molecular weight excluding hydrogens is 302 g/mol. The van der Waals surface area contributed by atoms with Gasteiger partial charge >= 0.3 is 0 Å². The smallest absolute Gasteiger partial charge is 0.227 e. The number of nitrogens with zero attached hydrogens (tertiary/aromatic N) is 2. The Morgan fingerprint density at radius 3 is 3.09 bits per heavy atom. The molecule has 0 aliphatic heterocycles. The lowest BCUT2D eigenvalue weighted by molar-refractivity contribution is -0.122. The molecular formula is C15H19N3O3S. The number of amides is 1. The van der Waals surface area contributed by atoms with Gasteiger partial charge in [0, 0.05) is 36.4 Å². The largest absolute Gasteiger partial charge is 0.396 e. The number of nitrogens with one attached hydrogen (secondary N) is 1. The van der Waals surface area contributed by atoms with Crippen LogP contribution in [0, 0.1) is 5.92 Å². The van der Waals surface area contributed by atoms with Gasteiger partial charge in [-0.2, -0.15) is 16.3 Å². The van der Waals surface area contributed by atoms with Gasteiger partial charge in [0.05, 0.1) is 0 Å². The van der Waals surface area contributed by atoms with Crippen molar-refractivity contribution in [1.82, 2.24) is 15.5 Å². The van der Waals surface area contributed by atoms with E-state index in [0.29, 0.717) is 36.9 Å². The van der Waals surface area contributed by atoms with E-state index in [1.807, 2.05) is 16.8 Å². The van der Waals surface area contributed by atoms with Crippen LogP contribution in [-0.4, -0.2) is 33.8 Å². The summed E-state index contributed by atoms with van der Waals surface area (Å²) in [7, 11) is 0. The first-order valence-electron chi connectivity index (χ1n) is 7.51. The highest BCUT2D eigenvalue weighted by Gasteiger charge is 2.31. The second-order valence-corrected chi connectivity index (χ2v) is 6.33. The lowest BCUT2D eigenvalue weighted by Gasteiger charge is -2.16. The van der Waals surface area contributed by atoms with Crippen molar-refractivity contribution in [2.45, 2.75) is 38.1 Å². The first-order chi connectivity index (χ1) is 10.8. The molecule has 1 aliphatic rings. The Hall–Kier alpha value is -1.73. The summed E-state index contributed by atoms with van der Waals surface area (Å²) in [5, 5.41) is 19.9. The number of aryl methyl sites for hydroxylation is 1. The maximum absolute atomic E-state index is 12.0. The zero-order valence-corrected chi connectivity index (χ0v) is 13.0. The highest BCUT2D eigenvalue weighted by atomic mass is 32.1. The Morgan fingerprint density at radius 2 is 2.41 bits per heavy atom. The van der Waals surface area contributed by atoms with Crippen LogP contribution in [0.25, 0.3) is 11.4 Å². The Kier molecular flexibility index (Phi) is 4.84. The molecule has 0 aromatic carbocycles. The molecule has 1 fully saturated rings. The maximum Gasteiger partial charge on any atom is 0.227 e. The number of thiophene rings is 1. The lowest BCUT2D eigenvalue weighted by Crippen LogP contribution is -2.37. The van der Waals surface area contributed by atoms with Gasteiger partial charge in [0.25, 0.3) is 0 Å². The molecule has 1 amide bonds. The molecule has 22 heavy (non-hydrogen) atoms. The van der Waals surface area contributed by atoms with Crippen molar-refractivity contribution >= 4 is 17.2 Å². The van der Waals surface area contributed by atoms with Crippen molar-refractivity contribution in [2.75, 3.05) is 6.61 Å². The number of rotatable bonds is 8. The molecule has 1 saturated carbocycles. The van der Waals surface area contributed by atoms with Crippen LogP contribution < -0.4 is 5.32 Å². The van der Waals surface area contributed by atoms with E-state index in [1.165, 1.54) is 0 Å². The van der Waals surface area contributed by atoms with E-state index in [1.54, 1.807) is 11.3 Å². The van der Waals surface area contributed by atoms with Crippen LogP contribution in [0.3, 0.4) is 0 Å². The SMILES string of the molecule is O=C(CCc1nc(-c2ccsc2)no1)NC(CCO)C1CC1. The standard InChI is InChI=1S/C15H19N3O3S/c19-7-5-12(10-1-2-10)16-13(20)3-4-14-17-15(18-21-14)11-6-8-22-9-11/h6,8-10,12,19H,1-5,7H2,(H,16,20). The Bertz CT molecular complexity index is 607. The minimum Gasteiger partial charge on any atom is -0.396 e. The maximum atomic E-state index is 12.0. The molecule has 7 heteroatoms. The third-order valence-corrected chi connectivity index (χ3v) is 4.47. The van der Waals surface area contributed by atoms with Crippen molar-refractivity contribution in [3.63, 3.8) is 0 Å². The summed E-state index contributed by atoms with van der Waals surface area (Å²) in [5.74, 6) is 1.54. The van der Waals surface area contributed by atoms with Crippen LogP contribution in [0.4, 0.5) is 0 Å². The molecule has 0 saturated heterocycles. The molecule has 2 aromatic heterocycles. The predicted octanol–water partition coefficient (Wildman–Crippen LogP) is 2.01. The summed E-state index contributed by atoms with van der Waals surface area (Å²) in [6.45, 7) is 0.106. The van der Waals surface area contributed by atoms with Crippen LogP contribution in [-0.2, 0) is 11.2 Å². The predicted molar refractivity (Wildman–Crippen MR) is 82.3 cm³/mol. The van der Waals surface area contributed by atoms with Crippen molar-refractivity contribution in [2.24, 2.45) is 5.92 Å². The van der Waals surface area contributed by atoms with Crippen molar-refractivity contribution in [3.05, 3.63) is 22.7 Å². The lowest BCUT2D eigenvalue weighted by atomic mass is 10.1. The molecule has 0 radical (unpaired) electrons. The summed E-state index contributed by atoms with van der Waals surface area (Å²) in [4.78, 5) is 16.3. The number of aromatic nitrogens is 2. The highest BCUT2D eigenvalue weighted by Crippen LogP contribution is 2.33. The molecule has 2 N–H and O–H groups in total. The number of aliphatic hydroxyl groups excluding tert-OH is 1. The fourth-order valence-corrected chi connectivity index (χ4v) is 3.06. The van der Waals surface area contributed by atoms with Gasteiger partial charge in [-0.25, -0.2) is 0 Å². The van der Waals surface area contributed by atoms with Gasteiger partial charge < -0.3 is 14.9 Å². The Balaban J connectivity index is 1.48. The number of carbonyl (C=O) groups excluding carboxylic acids is 1. The number of hydrogen-bond acceptors (Lipinski definition) is 6. The van der Waals surface area contributed by atoms with E-state index < -0.39 is 0 Å². The van der Waals surface area contributed by atoms with Crippen molar-refractivity contribution in [1.29, 1.82) is 0 Å². The van der Waals surface area contributed by atoms with Gasteiger partial charge in [0.2, 0.25) is 17.6 Å². The van der Waals surface area contributed by atoms with E-state index in [2.05, 4.69) is 15.5 Å². The quantitative estimate of drug-likeness (QED) is 0.776. The molecule has 0 bridgehead atoms.